The first-order chi connectivity index (χ1) is 11.0. The number of carboxylic acid groups (broad SMARTS) is 1. The zero-order valence-corrected chi connectivity index (χ0v) is 13.6. The van der Waals surface area contributed by atoms with Gasteiger partial charge in [0, 0.05) is 17.3 Å². The molecule has 23 heavy (non-hydrogen) atoms. The van der Waals surface area contributed by atoms with E-state index in [9.17, 15) is 9.59 Å². The molecule has 1 amide bonds. The lowest BCUT2D eigenvalue weighted by atomic mass is 10.1. The largest absolute Gasteiger partial charge is 0.477 e. The molecule has 0 bridgehead atoms. The summed E-state index contributed by atoms with van der Waals surface area (Å²) in [5.74, 6) is -1.41. The van der Waals surface area contributed by atoms with Crippen molar-refractivity contribution < 1.29 is 19.5 Å². The summed E-state index contributed by atoms with van der Waals surface area (Å²) in [6.07, 6.45) is 0. The van der Waals surface area contributed by atoms with Crippen molar-refractivity contribution in [2.24, 2.45) is 5.16 Å². The van der Waals surface area contributed by atoms with Crippen LogP contribution in [-0.4, -0.2) is 57.6 Å². The Hall–Kier alpha value is -2.27. The molecule has 3 rings (SSSR count). The molecule has 2 aliphatic rings. The molecule has 1 aromatic heterocycles. The highest BCUT2D eigenvalue weighted by atomic mass is 32.2. The monoisotopic (exact) mass is 355 g/mol. The highest BCUT2D eigenvalue weighted by Gasteiger charge is 2.46. The number of hydrogen-bond donors (Lipinski definition) is 3. The molecule has 122 valence electrons. The van der Waals surface area contributed by atoms with Gasteiger partial charge in [0.2, 0.25) is 0 Å². The van der Waals surface area contributed by atoms with Crippen molar-refractivity contribution in [3.63, 3.8) is 0 Å². The molecule has 1 aromatic rings. The second kappa shape index (κ2) is 6.08. The Labute approximate surface area is 139 Å². The Bertz CT molecular complexity index is 716. The maximum Gasteiger partial charge on any atom is 0.352 e. The molecule has 0 aromatic carbocycles. The van der Waals surface area contributed by atoms with Crippen LogP contribution in [-0.2, 0) is 14.4 Å². The molecular formula is C12H13N5O4S2. The third kappa shape index (κ3) is 2.84. The third-order valence-electron chi connectivity index (χ3n) is 3.37. The summed E-state index contributed by atoms with van der Waals surface area (Å²) >= 11 is 2.57. The number of nitrogens with two attached hydrogens (primary N) is 1. The van der Waals surface area contributed by atoms with E-state index in [0.29, 0.717) is 17.4 Å². The number of oxime groups is 1. The average Bonchev–Trinajstić information content (AvgIpc) is 3.05. The minimum atomic E-state index is -0.968. The van der Waals surface area contributed by atoms with Crippen LogP contribution in [0.4, 0.5) is 5.13 Å². The second-order valence-electron chi connectivity index (χ2n) is 4.76. The summed E-state index contributed by atoms with van der Waals surface area (Å²) in [4.78, 5) is 33.9. The first kappa shape index (κ1) is 15.6. The fourth-order valence-corrected chi connectivity index (χ4v) is 4.05. The quantitative estimate of drug-likeness (QED) is 0.492. The summed E-state index contributed by atoms with van der Waals surface area (Å²) in [6, 6.07) is -0.182. The van der Waals surface area contributed by atoms with E-state index in [4.69, 9.17) is 15.7 Å². The number of hydrogen-bond acceptors (Lipinski definition) is 9. The lowest BCUT2D eigenvalue weighted by Gasteiger charge is -2.45. The molecular weight excluding hydrogens is 342 g/mol. The molecule has 2 aliphatic heterocycles. The molecule has 0 unspecified atom stereocenters. The zero-order valence-electron chi connectivity index (χ0n) is 11.9. The van der Waals surface area contributed by atoms with Gasteiger partial charge in [-0.15, -0.1) is 23.1 Å². The number of aliphatic carboxylic acids is 1. The van der Waals surface area contributed by atoms with Crippen molar-refractivity contribution >= 4 is 45.8 Å². The number of nitrogens with zero attached hydrogens (tertiary/aromatic N) is 3. The highest BCUT2D eigenvalue weighted by molar-refractivity contribution is 8.03. The number of fused-ring (bicyclic) bond motifs is 1. The minimum Gasteiger partial charge on any atom is -0.477 e. The predicted octanol–water partition coefficient (Wildman–Crippen LogP) is -0.125. The lowest BCUT2D eigenvalue weighted by Crippen LogP contribution is -2.64. The van der Waals surface area contributed by atoms with Gasteiger partial charge in [-0.25, -0.2) is 9.78 Å². The van der Waals surface area contributed by atoms with Crippen LogP contribution < -0.4 is 11.1 Å². The van der Waals surface area contributed by atoms with Crippen LogP contribution in [0.2, 0.25) is 0 Å². The molecule has 4 N–H and O–H groups in total. The average molecular weight is 355 g/mol. The topological polar surface area (TPSA) is 130 Å². The van der Waals surface area contributed by atoms with Crippen LogP contribution in [0.3, 0.4) is 0 Å². The number of carbonyl (C=O) groups is 2. The summed E-state index contributed by atoms with van der Waals surface area (Å²) in [5, 5.41) is 19.0. The van der Waals surface area contributed by atoms with Crippen LogP contribution >= 0.6 is 23.1 Å². The van der Waals surface area contributed by atoms with Crippen molar-refractivity contribution in [3.8, 4) is 0 Å². The highest BCUT2D eigenvalue weighted by Crippen LogP contribution is 2.40. The minimum absolute atomic E-state index is 0.0355. The van der Waals surface area contributed by atoms with E-state index in [0.717, 1.165) is 0 Å². The molecule has 2 atom stereocenters. The number of anilines is 1. The second-order valence-corrected chi connectivity index (χ2v) is 6.64. The van der Waals surface area contributed by atoms with Gasteiger partial charge in [0.05, 0.1) is 6.04 Å². The predicted molar refractivity (Wildman–Crippen MR) is 85.8 cm³/mol. The summed E-state index contributed by atoms with van der Waals surface area (Å²) in [6.45, 7) is 0.432. The number of amides is 1. The Morgan fingerprint density at radius 3 is 3.00 bits per heavy atom. The number of carboxylic acids is 1. The third-order valence-corrected chi connectivity index (χ3v) is 5.27. The number of aromatic nitrogens is 1. The maximum absolute atomic E-state index is 12.4. The molecule has 1 fully saturated rings. The van der Waals surface area contributed by atoms with Crippen molar-refractivity contribution in [3.05, 3.63) is 22.2 Å². The van der Waals surface area contributed by atoms with Gasteiger partial charge >= 0.3 is 5.97 Å². The number of nitrogen functional groups attached to an aromatic ring is 1. The van der Waals surface area contributed by atoms with E-state index in [1.807, 2.05) is 0 Å². The van der Waals surface area contributed by atoms with Crippen LogP contribution in [0.25, 0.3) is 0 Å². The van der Waals surface area contributed by atoms with Gasteiger partial charge in [-0.2, -0.15) is 0 Å². The first-order valence-corrected chi connectivity index (χ1v) is 8.32. The van der Waals surface area contributed by atoms with E-state index in [-0.39, 0.29) is 22.8 Å². The van der Waals surface area contributed by atoms with Gasteiger partial charge in [-0.05, 0) is 0 Å². The summed E-state index contributed by atoms with van der Waals surface area (Å²) < 4.78 is 0. The molecule has 0 saturated carbocycles. The summed E-state index contributed by atoms with van der Waals surface area (Å²) in [5.41, 5.74) is 6.20. The Morgan fingerprint density at radius 1 is 1.61 bits per heavy atom. The van der Waals surface area contributed by atoms with E-state index in [1.165, 1.54) is 30.2 Å². The van der Waals surface area contributed by atoms with Gasteiger partial charge in [0.1, 0.15) is 23.9 Å². The van der Waals surface area contributed by atoms with Gasteiger partial charge in [0.15, 0.2) is 10.8 Å². The smallest absolute Gasteiger partial charge is 0.352 e. The van der Waals surface area contributed by atoms with Crippen molar-refractivity contribution in [2.45, 2.75) is 11.4 Å². The van der Waals surface area contributed by atoms with E-state index in [2.05, 4.69) is 15.5 Å². The molecule has 11 heteroatoms. The fourth-order valence-electron chi connectivity index (χ4n) is 2.31. The number of thiazole rings is 1. The van der Waals surface area contributed by atoms with Crippen molar-refractivity contribution in [1.82, 2.24) is 15.2 Å². The molecule has 3 heterocycles. The summed E-state index contributed by atoms with van der Waals surface area (Å²) in [7, 11) is 1.34. The normalized spacial score (nSPS) is 22.9. The molecule has 0 spiro atoms. The Balaban J connectivity index is 1.66. The molecule has 1 saturated heterocycles. The number of thioether (sulfide) groups is 1. The van der Waals surface area contributed by atoms with E-state index < -0.39 is 11.9 Å². The van der Waals surface area contributed by atoms with Crippen LogP contribution in [0, 0.1) is 0 Å². The number of rotatable bonds is 5. The van der Waals surface area contributed by atoms with Gasteiger partial charge < -0.3 is 25.9 Å². The van der Waals surface area contributed by atoms with Crippen molar-refractivity contribution in [2.75, 3.05) is 19.4 Å². The SMILES string of the molecule is CO/N=C(\C(=O)N[C@@H]1CN2C(C(=O)O)=CS[C@H]12)c1csc(N)n1. The number of carbonyl (C=O) groups excluding carboxylic acids is 1. The van der Waals surface area contributed by atoms with E-state index >= 15 is 0 Å². The molecule has 0 radical (unpaired) electrons. The molecule has 9 nitrogen and oxygen atoms in total. The number of nitrogens with one attached hydrogen (secondary N) is 1. The van der Waals surface area contributed by atoms with Crippen LogP contribution in [0.5, 0.6) is 0 Å². The Morgan fingerprint density at radius 2 is 2.39 bits per heavy atom. The van der Waals surface area contributed by atoms with Crippen LogP contribution in [0.15, 0.2) is 21.6 Å². The van der Waals surface area contributed by atoms with Crippen LogP contribution in [0.1, 0.15) is 5.69 Å². The first-order valence-electron chi connectivity index (χ1n) is 6.50. The Kier molecular flexibility index (Phi) is 4.13. The van der Waals surface area contributed by atoms with Gasteiger partial charge in [0.25, 0.3) is 5.91 Å². The van der Waals surface area contributed by atoms with E-state index in [1.54, 1.807) is 15.7 Å². The molecule has 0 aliphatic carbocycles. The lowest BCUT2D eigenvalue weighted by molar-refractivity contribution is -0.135. The van der Waals surface area contributed by atoms with Crippen molar-refractivity contribution in [1.29, 1.82) is 0 Å². The maximum atomic E-state index is 12.4. The fraction of sp³-hybridized carbons (Fsp3) is 0.333. The van der Waals surface area contributed by atoms with Gasteiger partial charge in [-0.3, -0.25) is 4.79 Å². The standard InChI is InChI=1S/C12H13N5O4S2/c1-21-16-8(6-3-23-12(13)15-6)9(18)14-5-2-17-7(11(19)20)4-22-10(5)17/h3-5,10H,2H2,1H3,(H2,13,15)(H,14,18)(H,19,20)/b16-8-/t5-,10-/m1/s1. The zero-order chi connectivity index (χ0) is 16.6. The van der Waals surface area contributed by atoms with Gasteiger partial charge in [-0.1, -0.05) is 5.16 Å².